The summed E-state index contributed by atoms with van der Waals surface area (Å²) in [6.45, 7) is 0.918. The van der Waals surface area contributed by atoms with Crippen LogP contribution in [0, 0.1) is 0 Å². The van der Waals surface area contributed by atoms with Crippen molar-refractivity contribution in [2.24, 2.45) is 0 Å². The number of hydrogen-bond donors (Lipinski definition) is 1. The summed E-state index contributed by atoms with van der Waals surface area (Å²) in [5.74, 6) is 0. The zero-order valence-electron chi connectivity index (χ0n) is 11.0. The smallest absolute Gasteiger partial charge is 0.358 e. The Morgan fingerprint density at radius 3 is 2.58 bits per heavy atom. The Hall–Kier alpha value is -1.49. The summed E-state index contributed by atoms with van der Waals surface area (Å²) in [5, 5.41) is 0.620. The molecule has 2 rings (SSSR count). The van der Waals surface area contributed by atoms with Gasteiger partial charge in [-0.3, -0.25) is 0 Å². The number of rotatable bonds is 4. The van der Waals surface area contributed by atoms with E-state index in [1.165, 1.54) is 6.07 Å². The molecule has 5 heteroatoms. The van der Waals surface area contributed by atoms with Crippen LogP contribution in [-0.4, -0.2) is 30.5 Å². The molecule has 0 fully saturated rings. The van der Waals surface area contributed by atoms with Gasteiger partial charge >= 0.3 is 6.18 Å². The van der Waals surface area contributed by atoms with Crippen molar-refractivity contribution in [3.63, 3.8) is 0 Å². The zero-order chi connectivity index (χ0) is 14.0. The van der Waals surface area contributed by atoms with Crippen molar-refractivity contribution in [2.45, 2.75) is 19.0 Å². The normalized spacial score (nSPS) is 12.5. The molecular formula is C14H17F3N2. The first-order chi connectivity index (χ1) is 8.88. The van der Waals surface area contributed by atoms with Crippen LogP contribution in [0.5, 0.6) is 0 Å². The van der Waals surface area contributed by atoms with Gasteiger partial charge in [-0.05, 0) is 45.6 Å². The van der Waals surface area contributed by atoms with Gasteiger partial charge in [-0.1, -0.05) is 12.1 Å². The molecule has 1 aromatic carbocycles. The van der Waals surface area contributed by atoms with Gasteiger partial charge in [-0.2, -0.15) is 13.2 Å². The average Bonchev–Trinajstić information content (AvgIpc) is 2.69. The average molecular weight is 270 g/mol. The third-order valence-corrected chi connectivity index (χ3v) is 3.07. The number of halogens is 3. The largest absolute Gasteiger partial charge is 0.418 e. The Bertz CT molecular complexity index is 555. The molecule has 0 aliphatic heterocycles. The van der Waals surface area contributed by atoms with Crippen LogP contribution in [0.3, 0.4) is 0 Å². The molecule has 0 aliphatic rings. The predicted molar refractivity (Wildman–Crippen MR) is 70.2 cm³/mol. The van der Waals surface area contributed by atoms with Crippen LogP contribution in [0.1, 0.15) is 17.7 Å². The van der Waals surface area contributed by atoms with Crippen LogP contribution in [-0.2, 0) is 12.6 Å². The standard InChI is InChI=1S/C14H17F3N2/c1-19(2)8-4-6-11-9-10-5-3-7-12(13(10)18-11)14(15,16)17/h3,5,7,9,18H,4,6,8H2,1-2H3. The fourth-order valence-electron chi connectivity index (χ4n) is 2.17. The number of H-pyrrole nitrogens is 1. The highest BCUT2D eigenvalue weighted by Crippen LogP contribution is 2.34. The van der Waals surface area contributed by atoms with E-state index in [1.54, 1.807) is 12.1 Å². The van der Waals surface area contributed by atoms with E-state index in [4.69, 9.17) is 0 Å². The van der Waals surface area contributed by atoms with Crippen LogP contribution in [0.15, 0.2) is 24.3 Å². The van der Waals surface area contributed by atoms with Crippen molar-refractivity contribution >= 4 is 10.9 Å². The van der Waals surface area contributed by atoms with Gasteiger partial charge < -0.3 is 9.88 Å². The maximum absolute atomic E-state index is 12.9. The second-order valence-corrected chi connectivity index (χ2v) is 4.97. The third-order valence-electron chi connectivity index (χ3n) is 3.07. The first-order valence-electron chi connectivity index (χ1n) is 6.20. The minimum absolute atomic E-state index is 0.190. The lowest BCUT2D eigenvalue weighted by atomic mass is 10.1. The lowest BCUT2D eigenvalue weighted by Crippen LogP contribution is -2.13. The second kappa shape index (κ2) is 5.25. The van der Waals surface area contributed by atoms with Crippen molar-refractivity contribution in [2.75, 3.05) is 20.6 Å². The molecule has 1 N–H and O–H groups in total. The van der Waals surface area contributed by atoms with Crippen LogP contribution in [0.2, 0.25) is 0 Å². The molecule has 0 amide bonds. The Balaban J connectivity index is 2.25. The molecule has 0 aliphatic carbocycles. The molecule has 1 aromatic heterocycles. The van der Waals surface area contributed by atoms with Crippen LogP contribution in [0.4, 0.5) is 13.2 Å². The van der Waals surface area contributed by atoms with E-state index < -0.39 is 11.7 Å². The number of aromatic amines is 1. The van der Waals surface area contributed by atoms with Gasteiger partial charge in [0.2, 0.25) is 0 Å². The van der Waals surface area contributed by atoms with E-state index in [2.05, 4.69) is 9.88 Å². The molecule has 2 aromatic rings. The van der Waals surface area contributed by atoms with E-state index in [-0.39, 0.29) is 5.52 Å². The fourth-order valence-corrected chi connectivity index (χ4v) is 2.17. The van der Waals surface area contributed by atoms with Crippen molar-refractivity contribution in [3.8, 4) is 0 Å². The molecule has 104 valence electrons. The van der Waals surface area contributed by atoms with E-state index in [0.29, 0.717) is 5.39 Å². The topological polar surface area (TPSA) is 19.0 Å². The lowest BCUT2D eigenvalue weighted by molar-refractivity contribution is -0.136. The molecule has 0 saturated carbocycles. The van der Waals surface area contributed by atoms with Gasteiger partial charge in [-0.15, -0.1) is 0 Å². The van der Waals surface area contributed by atoms with E-state index in [0.717, 1.165) is 31.1 Å². The zero-order valence-corrected chi connectivity index (χ0v) is 11.0. The number of alkyl halides is 3. The number of hydrogen-bond acceptors (Lipinski definition) is 1. The highest BCUT2D eigenvalue weighted by atomic mass is 19.4. The molecule has 2 nitrogen and oxygen atoms in total. The van der Waals surface area contributed by atoms with Crippen molar-refractivity contribution in [1.29, 1.82) is 0 Å². The number of aryl methyl sites for hydroxylation is 1. The van der Waals surface area contributed by atoms with Gasteiger partial charge in [0.1, 0.15) is 0 Å². The number of para-hydroxylation sites is 1. The van der Waals surface area contributed by atoms with Gasteiger partial charge in [0, 0.05) is 11.1 Å². The second-order valence-electron chi connectivity index (χ2n) is 4.97. The number of nitrogens with zero attached hydrogens (tertiary/aromatic N) is 1. The maximum atomic E-state index is 12.9. The summed E-state index contributed by atoms with van der Waals surface area (Å²) in [6, 6.07) is 6.07. The Labute approximate surface area is 110 Å². The summed E-state index contributed by atoms with van der Waals surface area (Å²) in [5.41, 5.74) is 0.451. The van der Waals surface area contributed by atoms with E-state index in [1.807, 2.05) is 14.1 Å². The number of benzene rings is 1. The third kappa shape index (κ3) is 3.29. The summed E-state index contributed by atoms with van der Waals surface area (Å²) in [7, 11) is 3.96. The van der Waals surface area contributed by atoms with Crippen molar-refractivity contribution in [1.82, 2.24) is 9.88 Å². The summed E-state index contributed by atoms with van der Waals surface area (Å²) < 4.78 is 38.6. The van der Waals surface area contributed by atoms with Gasteiger partial charge in [0.05, 0.1) is 11.1 Å². The first-order valence-corrected chi connectivity index (χ1v) is 6.20. The number of nitrogens with one attached hydrogen (secondary N) is 1. The predicted octanol–water partition coefficient (Wildman–Crippen LogP) is 3.68. The van der Waals surface area contributed by atoms with Crippen LogP contribution in [0.25, 0.3) is 10.9 Å². The maximum Gasteiger partial charge on any atom is 0.418 e. The quantitative estimate of drug-likeness (QED) is 0.898. The van der Waals surface area contributed by atoms with Crippen LogP contribution < -0.4 is 0 Å². The van der Waals surface area contributed by atoms with Crippen molar-refractivity contribution < 1.29 is 13.2 Å². The molecule has 0 spiro atoms. The molecular weight excluding hydrogens is 253 g/mol. The monoisotopic (exact) mass is 270 g/mol. The molecule has 0 bridgehead atoms. The Kier molecular flexibility index (Phi) is 3.85. The summed E-state index contributed by atoms with van der Waals surface area (Å²) >= 11 is 0. The lowest BCUT2D eigenvalue weighted by Gasteiger charge is -2.08. The molecule has 0 saturated heterocycles. The minimum Gasteiger partial charge on any atom is -0.358 e. The molecule has 1 heterocycles. The number of fused-ring (bicyclic) bond motifs is 1. The molecule has 0 atom stereocenters. The summed E-state index contributed by atoms with van der Waals surface area (Å²) in [6.07, 6.45) is -2.64. The first kappa shape index (κ1) is 13.9. The van der Waals surface area contributed by atoms with E-state index >= 15 is 0 Å². The summed E-state index contributed by atoms with van der Waals surface area (Å²) in [4.78, 5) is 4.97. The van der Waals surface area contributed by atoms with Gasteiger partial charge in [0.15, 0.2) is 0 Å². The van der Waals surface area contributed by atoms with Crippen molar-refractivity contribution in [3.05, 3.63) is 35.5 Å². The number of aromatic nitrogens is 1. The minimum atomic E-state index is -4.31. The van der Waals surface area contributed by atoms with Crippen LogP contribution >= 0.6 is 0 Å². The molecule has 0 radical (unpaired) electrons. The van der Waals surface area contributed by atoms with Gasteiger partial charge in [-0.25, -0.2) is 0 Å². The molecule has 19 heavy (non-hydrogen) atoms. The SMILES string of the molecule is CN(C)CCCc1cc2cccc(C(F)(F)F)c2[nH]1. The van der Waals surface area contributed by atoms with Gasteiger partial charge in [0.25, 0.3) is 0 Å². The highest BCUT2D eigenvalue weighted by Gasteiger charge is 2.33. The Morgan fingerprint density at radius 1 is 1.21 bits per heavy atom. The fraction of sp³-hybridized carbons (Fsp3) is 0.429. The highest BCUT2D eigenvalue weighted by molar-refractivity contribution is 5.84. The van der Waals surface area contributed by atoms with E-state index in [9.17, 15) is 13.2 Å². The Morgan fingerprint density at radius 2 is 1.95 bits per heavy atom. The molecule has 0 unspecified atom stereocenters.